The summed E-state index contributed by atoms with van der Waals surface area (Å²) in [5, 5.41) is 2.94. The summed E-state index contributed by atoms with van der Waals surface area (Å²) < 4.78 is 0. The van der Waals surface area contributed by atoms with E-state index < -0.39 is 0 Å². The zero-order valence-corrected chi connectivity index (χ0v) is 10.5. The number of nitrogens with two attached hydrogens (primary N) is 1. The van der Waals surface area contributed by atoms with Gasteiger partial charge in [0.1, 0.15) is 0 Å². The molecule has 0 aliphatic carbocycles. The molecule has 1 aromatic carbocycles. The van der Waals surface area contributed by atoms with Crippen LogP contribution in [0.3, 0.4) is 0 Å². The number of nitrogens with one attached hydrogen (secondary N) is 1. The second kappa shape index (κ2) is 7.85. The van der Waals surface area contributed by atoms with Gasteiger partial charge in [-0.1, -0.05) is 31.0 Å². The number of hydrogen-bond acceptors (Lipinski definition) is 2. The molecule has 0 unspecified atom stereocenters. The van der Waals surface area contributed by atoms with Gasteiger partial charge in [-0.05, 0) is 37.9 Å². The van der Waals surface area contributed by atoms with Crippen LogP contribution in [0.5, 0.6) is 0 Å². The lowest BCUT2D eigenvalue weighted by Gasteiger charge is -2.07. The minimum atomic E-state index is 0.104. The highest BCUT2D eigenvalue weighted by Crippen LogP contribution is 2.14. The lowest BCUT2D eigenvalue weighted by atomic mass is 10.1. The Hall–Kier alpha value is -1.35. The number of para-hydroxylation sites is 1. The van der Waals surface area contributed by atoms with Gasteiger partial charge in [0.25, 0.3) is 0 Å². The lowest BCUT2D eigenvalue weighted by molar-refractivity contribution is -0.116. The van der Waals surface area contributed by atoms with Gasteiger partial charge >= 0.3 is 0 Å². The fraction of sp³-hybridized carbons (Fsp3) is 0.500. The van der Waals surface area contributed by atoms with E-state index in [1.807, 2.05) is 31.2 Å². The Morgan fingerprint density at radius 2 is 1.88 bits per heavy atom. The third kappa shape index (κ3) is 5.50. The highest BCUT2D eigenvalue weighted by molar-refractivity contribution is 5.91. The first-order valence-corrected chi connectivity index (χ1v) is 6.29. The van der Waals surface area contributed by atoms with Crippen molar-refractivity contribution in [1.29, 1.82) is 0 Å². The minimum Gasteiger partial charge on any atom is -0.330 e. The number of carbonyl (C=O) groups is 1. The quantitative estimate of drug-likeness (QED) is 0.713. The molecular weight excluding hydrogens is 212 g/mol. The van der Waals surface area contributed by atoms with E-state index in [4.69, 9.17) is 5.73 Å². The highest BCUT2D eigenvalue weighted by Gasteiger charge is 2.03. The number of rotatable bonds is 7. The first-order chi connectivity index (χ1) is 8.24. The molecule has 0 heterocycles. The maximum atomic E-state index is 11.7. The number of anilines is 1. The molecule has 1 rings (SSSR count). The molecule has 0 saturated heterocycles. The van der Waals surface area contributed by atoms with Crippen molar-refractivity contribution >= 4 is 11.6 Å². The Bertz CT molecular complexity index is 350. The third-order valence-electron chi connectivity index (χ3n) is 2.78. The molecule has 1 aromatic rings. The number of amides is 1. The van der Waals surface area contributed by atoms with Gasteiger partial charge < -0.3 is 11.1 Å². The van der Waals surface area contributed by atoms with E-state index in [0.717, 1.165) is 43.5 Å². The van der Waals surface area contributed by atoms with Crippen LogP contribution in [0.1, 0.15) is 37.7 Å². The smallest absolute Gasteiger partial charge is 0.224 e. The number of aryl methyl sites for hydroxylation is 1. The van der Waals surface area contributed by atoms with Crippen LogP contribution in [0.25, 0.3) is 0 Å². The molecule has 0 aliphatic rings. The van der Waals surface area contributed by atoms with Crippen molar-refractivity contribution in [3.63, 3.8) is 0 Å². The molecular formula is C14H22N2O. The number of hydrogen-bond donors (Lipinski definition) is 2. The second-order valence-corrected chi connectivity index (χ2v) is 4.32. The zero-order chi connectivity index (χ0) is 12.5. The highest BCUT2D eigenvalue weighted by atomic mass is 16.1. The fourth-order valence-electron chi connectivity index (χ4n) is 1.71. The Balaban J connectivity index is 2.23. The molecule has 17 heavy (non-hydrogen) atoms. The van der Waals surface area contributed by atoms with Gasteiger partial charge in [-0.2, -0.15) is 0 Å². The molecule has 0 fully saturated rings. The van der Waals surface area contributed by atoms with Crippen molar-refractivity contribution in [2.75, 3.05) is 11.9 Å². The van der Waals surface area contributed by atoms with Crippen molar-refractivity contribution in [2.45, 2.75) is 39.0 Å². The average molecular weight is 234 g/mol. The molecule has 0 saturated carbocycles. The van der Waals surface area contributed by atoms with Crippen LogP contribution in [0, 0.1) is 6.92 Å². The van der Waals surface area contributed by atoms with Crippen LogP contribution in [0.15, 0.2) is 24.3 Å². The maximum absolute atomic E-state index is 11.7. The van der Waals surface area contributed by atoms with Gasteiger partial charge in [0.05, 0.1) is 0 Å². The Kier molecular flexibility index (Phi) is 6.33. The molecule has 1 amide bonds. The molecule has 94 valence electrons. The van der Waals surface area contributed by atoms with Crippen molar-refractivity contribution in [3.8, 4) is 0 Å². The summed E-state index contributed by atoms with van der Waals surface area (Å²) in [6.07, 6.45) is 4.79. The van der Waals surface area contributed by atoms with Gasteiger partial charge in [0.2, 0.25) is 5.91 Å². The molecule has 0 aromatic heterocycles. The van der Waals surface area contributed by atoms with Crippen LogP contribution in [-0.4, -0.2) is 12.5 Å². The van der Waals surface area contributed by atoms with E-state index in [0.29, 0.717) is 6.42 Å². The molecule has 0 radical (unpaired) electrons. The first-order valence-electron chi connectivity index (χ1n) is 6.29. The van der Waals surface area contributed by atoms with Crippen molar-refractivity contribution in [2.24, 2.45) is 5.73 Å². The van der Waals surface area contributed by atoms with E-state index in [9.17, 15) is 4.79 Å². The van der Waals surface area contributed by atoms with Crippen molar-refractivity contribution in [3.05, 3.63) is 29.8 Å². The predicted molar refractivity (Wildman–Crippen MR) is 71.9 cm³/mol. The SMILES string of the molecule is Cc1ccccc1NC(=O)CCCCCCN. The maximum Gasteiger partial charge on any atom is 0.224 e. The number of carbonyl (C=O) groups excluding carboxylic acids is 1. The molecule has 3 heteroatoms. The van der Waals surface area contributed by atoms with Crippen LogP contribution in [0.2, 0.25) is 0 Å². The van der Waals surface area contributed by atoms with E-state index in [1.165, 1.54) is 0 Å². The van der Waals surface area contributed by atoms with Crippen LogP contribution < -0.4 is 11.1 Å². The number of unbranched alkanes of at least 4 members (excludes halogenated alkanes) is 3. The molecule has 3 N–H and O–H groups in total. The standard InChI is InChI=1S/C14H22N2O/c1-12-8-5-6-9-13(12)16-14(17)10-4-2-3-7-11-15/h5-6,8-9H,2-4,7,10-11,15H2,1H3,(H,16,17). The zero-order valence-electron chi connectivity index (χ0n) is 10.5. The van der Waals surface area contributed by atoms with E-state index in [2.05, 4.69) is 5.32 Å². The van der Waals surface area contributed by atoms with E-state index in [-0.39, 0.29) is 5.91 Å². The van der Waals surface area contributed by atoms with Gasteiger partial charge in [-0.15, -0.1) is 0 Å². The Labute approximate surface area is 103 Å². The summed E-state index contributed by atoms with van der Waals surface area (Å²) in [4.78, 5) is 11.7. The average Bonchev–Trinajstić information content (AvgIpc) is 2.32. The van der Waals surface area contributed by atoms with Gasteiger partial charge in [-0.25, -0.2) is 0 Å². The van der Waals surface area contributed by atoms with Crippen LogP contribution in [0.4, 0.5) is 5.69 Å². The largest absolute Gasteiger partial charge is 0.330 e. The lowest BCUT2D eigenvalue weighted by Crippen LogP contribution is -2.11. The molecule has 0 spiro atoms. The van der Waals surface area contributed by atoms with Crippen molar-refractivity contribution < 1.29 is 4.79 Å². The van der Waals surface area contributed by atoms with Gasteiger partial charge in [-0.3, -0.25) is 4.79 Å². The Morgan fingerprint density at radius 1 is 1.18 bits per heavy atom. The molecule has 0 aliphatic heterocycles. The second-order valence-electron chi connectivity index (χ2n) is 4.32. The summed E-state index contributed by atoms with van der Waals surface area (Å²) >= 11 is 0. The third-order valence-corrected chi connectivity index (χ3v) is 2.78. The normalized spacial score (nSPS) is 10.2. The van der Waals surface area contributed by atoms with Gasteiger partial charge in [0, 0.05) is 12.1 Å². The molecule has 0 atom stereocenters. The molecule has 3 nitrogen and oxygen atoms in total. The minimum absolute atomic E-state index is 0.104. The van der Waals surface area contributed by atoms with E-state index in [1.54, 1.807) is 0 Å². The monoisotopic (exact) mass is 234 g/mol. The topological polar surface area (TPSA) is 55.1 Å². The predicted octanol–water partition coefficient (Wildman–Crippen LogP) is 2.84. The fourth-order valence-corrected chi connectivity index (χ4v) is 1.71. The van der Waals surface area contributed by atoms with E-state index >= 15 is 0 Å². The Morgan fingerprint density at radius 3 is 2.59 bits per heavy atom. The summed E-state index contributed by atoms with van der Waals surface area (Å²) in [5.41, 5.74) is 7.43. The summed E-state index contributed by atoms with van der Waals surface area (Å²) in [7, 11) is 0. The van der Waals surface area contributed by atoms with Gasteiger partial charge in [0.15, 0.2) is 0 Å². The van der Waals surface area contributed by atoms with Crippen LogP contribution >= 0.6 is 0 Å². The van der Waals surface area contributed by atoms with Crippen LogP contribution in [-0.2, 0) is 4.79 Å². The molecule has 0 bridgehead atoms. The van der Waals surface area contributed by atoms with Crippen molar-refractivity contribution in [1.82, 2.24) is 0 Å². The summed E-state index contributed by atoms with van der Waals surface area (Å²) in [6.45, 7) is 2.74. The first kappa shape index (κ1) is 13.7. The summed E-state index contributed by atoms with van der Waals surface area (Å²) in [6, 6.07) is 7.83. The number of benzene rings is 1. The summed E-state index contributed by atoms with van der Waals surface area (Å²) in [5.74, 6) is 0.104.